The number of nitrogens with zero attached hydrogens (tertiary/aromatic N) is 1. The van der Waals surface area contributed by atoms with Crippen molar-refractivity contribution in [3.05, 3.63) is 0 Å². The van der Waals surface area contributed by atoms with E-state index in [9.17, 15) is 0 Å². The average molecular weight is 216 g/mol. The SMILES string of the molecule is CCC(CC)C(CN)N1CCSCC1. The first-order valence-corrected chi connectivity index (χ1v) is 7.00. The molecule has 1 rings (SSSR count). The lowest BCUT2D eigenvalue weighted by Gasteiger charge is -2.38. The lowest BCUT2D eigenvalue weighted by Crippen LogP contribution is -2.48. The molecule has 84 valence electrons. The third-order valence-corrected chi connectivity index (χ3v) is 4.29. The van der Waals surface area contributed by atoms with Crippen LogP contribution in [0.15, 0.2) is 0 Å². The van der Waals surface area contributed by atoms with Crippen molar-refractivity contribution in [3.63, 3.8) is 0 Å². The van der Waals surface area contributed by atoms with E-state index in [0.717, 1.165) is 12.5 Å². The van der Waals surface area contributed by atoms with Crippen LogP contribution in [0, 0.1) is 5.92 Å². The van der Waals surface area contributed by atoms with Crippen molar-refractivity contribution < 1.29 is 0 Å². The summed E-state index contributed by atoms with van der Waals surface area (Å²) in [7, 11) is 0. The summed E-state index contributed by atoms with van der Waals surface area (Å²) in [6.45, 7) is 7.88. The summed E-state index contributed by atoms with van der Waals surface area (Å²) in [5.41, 5.74) is 5.91. The molecule has 3 heteroatoms. The Balaban J connectivity index is 2.49. The molecular formula is C11H24N2S. The van der Waals surface area contributed by atoms with Crippen LogP contribution in [0.5, 0.6) is 0 Å². The zero-order chi connectivity index (χ0) is 10.4. The maximum absolute atomic E-state index is 5.91. The number of hydrogen-bond donors (Lipinski definition) is 1. The highest BCUT2D eigenvalue weighted by atomic mass is 32.2. The van der Waals surface area contributed by atoms with Gasteiger partial charge in [-0.25, -0.2) is 0 Å². The van der Waals surface area contributed by atoms with Crippen LogP contribution in [0.3, 0.4) is 0 Å². The van der Waals surface area contributed by atoms with Crippen LogP contribution in [0.1, 0.15) is 26.7 Å². The summed E-state index contributed by atoms with van der Waals surface area (Å²) in [5, 5.41) is 0. The Hall–Kier alpha value is 0.270. The summed E-state index contributed by atoms with van der Waals surface area (Å²) in [6, 6.07) is 0.630. The lowest BCUT2D eigenvalue weighted by atomic mass is 9.93. The van der Waals surface area contributed by atoms with Gasteiger partial charge in [-0.05, 0) is 5.92 Å². The van der Waals surface area contributed by atoms with Crippen LogP contribution in [-0.4, -0.2) is 42.1 Å². The quantitative estimate of drug-likeness (QED) is 0.760. The molecule has 0 aromatic carbocycles. The van der Waals surface area contributed by atoms with Gasteiger partial charge in [-0.1, -0.05) is 26.7 Å². The Bertz CT molecular complexity index is 142. The Labute approximate surface area is 92.6 Å². The van der Waals surface area contributed by atoms with Gasteiger partial charge in [0.2, 0.25) is 0 Å². The minimum Gasteiger partial charge on any atom is -0.329 e. The highest BCUT2D eigenvalue weighted by molar-refractivity contribution is 7.99. The first kappa shape index (κ1) is 12.3. The summed E-state index contributed by atoms with van der Waals surface area (Å²) in [4.78, 5) is 2.61. The van der Waals surface area contributed by atoms with Crippen molar-refractivity contribution >= 4 is 11.8 Å². The highest BCUT2D eigenvalue weighted by Crippen LogP contribution is 2.21. The van der Waals surface area contributed by atoms with Crippen molar-refractivity contribution in [1.29, 1.82) is 0 Å². The van der Waals surface area contributed by atoms with Gasteiger partial charge in [-0.3, -0.25) is 4.90 Å². The average Bonchev–Trinajstić information content (AvgIpc) is 2.27. The van der Waals surface area contributed by atoms with Crippen LogP contribution in [0.25, 0.3) is 0 Å². The zero-order valence-corrected chi connectivity index (χ0v) is 10.4. The Kier molecular flexibility index (Phi) is 5.90. The monoisotopic (exact) mass is 216 g/mol. The molecule has 0 spiro atoms. The lowest BCUT2D eigenvalue weighted by molar-refractivity contribution is 0.153. The van der Waals surface area contributed by atoms with E-state index in [1.807, 2.05) is 0 Å². The molecule has 0 bridgehead atoms. The number of thioether (sulfide) groups is 1. The maximum atomic E-state index is 5.91. The zero-order valence-electron chi connectivity index (χ0n) is 9.54. The number of hydrogen-bond acceptors (Lipinski definition) is 3. The second-order valence-electron chi connectivity index (χ2n) is 4.03. The molecule has 0 aromatic heterocycles. The molecule has 1 unspecified atom stereocenters. The van der Waals surface area contributed by atoms with Crippen molar-refractivity contribution in [2.75, 3.05) is 31.1 Å². The van der Waals surface area contributed by atoms with E-state index in [4.69, 9.17) is 5.73 Å². The fourth-order valence-corrected chi connectivity index (χ4v) is 3.31. The molecule has 1 heterocycles. The number of nitrogens with two attached hydrogens (primary N) is 1. The van der Waals surface area contributed by atoms with E-state index >= 15 is 0 Å². The van der Waals surface area contributed by atoms with Gasteiger partial charge >= 0.3 is 0 Å². The predicted molar refractivity (Wildman–Crippen MR) is 65.8 cm³/mol. The predicted octanol–water partition coefficient (Wildman–Crippen LogP) is 1.80. The Morgan fingerprint density at radius 3 is 2.21 bits per heavy atom. The van der Waals surface area contributed by atoms with E-state index in [1.54, 1.807) is 0 Å². The van der Waals surface area contributed by atoms with Crippen molar-refractivity contribution in [2.24, 2.45) is 11.7 Å². The first-order chi connectivity index (χ1) is 6.83. The molecule has 0 saturated carbocycles. The molecule has 1 aliphatic heterocycles. The molecule has 1 atom stereocenters. The maximum Gasteiger partial charge on any atom is 0.0247 e. The summed E-state index contributed by atoms with van der Waals surface area (Å²) >= 11 is 2.07. The molecule has 1 fully saturated rings. The van der Waals surface area contributed by atoms with Gasteiger partial charge in [0, 0.05) is 37.2 Å². The van der Waals surface area contributed by atoms with Gasteiger partial charge in [0.1, 0.15) is 0 Å². The van der Waals surface area contributed by atoms with Crippen LogP contribution in [0.2, 0.25) is 0 Å². The van der Waals surface area contributed by atoms with E-state index in [-0.39, 0.29) is 0 Å². The van der Waals surface area contributed by atoms with Gasteiger partial charge in [-0.15, -0.1) is 0 Å². The largest absolute Gasteiger partial charge is 0.329 e. The van der Waals surface area contributed by atoms with Gasteiger partial charge in [0.05, 0.1) is 0 Å². The van der Waals surface area contributed by atoms with Crippen LogP contribution < -0.4 is 5.73 Å². The van der Waals surface area contributed by atoms with E-state index in [1.165, 1.54) is 37.4 Å². The summed E-state index contributed by atoms with van der Waals surface area (Å²) in [6.07, 6.45) is 2.53. The fourth-order valence-electron chi connectivity index (χ4n) is 2.38. The van der Waals surface area contributed by atoms with E-state index in [0.29, 0.717) is 6.04 Å². The Morgan fingerprint density at radius 2 is 1.79 bits per heavy atom. The number of rotatable bonds is 5. The van der Waals surface area contributed by atoms with E-state index < -0.39 is 0 Å². The van der Waals surface area contributed by atoms with Gasteiger partial charge < -0.3 is 5.73 Å². The molecule has 14 heavy (non-hydrogen) atoms. The normalized spacial score (nSPS) is 21.4. The Morgan fingerprint density at radius 1 is 1.21 bits per heavy atom. The minimum atomic E-state index is 0.630. The first-order valence-electron chi connectivity index (χ1n) is 5.85. The van der Waals surface area contributed by atoms with E-state index in [2.05, 4.69) is 30.5 Å². The molecule has 0 aliphatic carbocycles. The van der Waals surface area contributed by atoms with Crippen LogP contribution >= 0.6 is 11.8 Å². The molecule has 1 saturated heterocycles. The smallest absolute Gasteiger partial charge is 0.0247 e. The highest BCUT2D eigenvalue weighted by Gasteiger charge is 2.25. The van der Waals surface area contributed by atoms with Crippen LogP contribution in [-0.2, 0) is 0 Å². The van der Waals surface area contributed by atoms with Crippen molar-refractivity contribution in [3.8, 4) is 0 Å². The van der Waals surface area contributed by atoms with Crippen molar-refractivity contribution in [1.82, 2.24) is 4.90 Å². The fraction of sp³-hybridized carbons (Fsp3) is 1.00. The molecular weight excluding hydrogens is 192 g/mol. The van der Waals surface area contributed by atoms with Gasteiger partial charge in [0.25, 0.3) is 0 Å². The molecule has 0 aromatic rings. The topological polar surface area (TPSA) is 29.3 Å². The molecule has 2 N–H and O–H groups in total. The third-order valence-electron chi connectivity index (χ3n) is 3.35. The molecule has 2 nitrogen and oxygen atoms in total. The van der Waals surface area contributed by atoms with Gasteiger partial charge in [-0.2, -0.15) is 11.8 Å². The van der Waals surface area contributed by atoms with Crippen molar-refractivity contribution in [2.45, 2.75) is 32.7 Å². The second-order valence-corrected chi connectivity index (χ2v) is 5.25. The molecule has 0 radical (unpaired) electrons. The standard InChI is InChI=1S/C11H24N2S/c1-3-10(4-2)11(9-12)13-5-7-14-8-6-13/h10-11H,3-9,12H2,1-2H3. The molecule has 0 amide bonds. The van der Waals surface area contributed by atoms with Crippen LogP contribution in [0.4, 0.5) is 0 Å². The summed E-state index contributed by atoms with van der Waals surface area (Å²) < 4.78 is 0. The van der Waals surface area contributed by atoms with Gasteiger partial charge in [0.15, 0.2) is 0 Å². The molecule has 1 aliphatic rings. The second kappa shape index (κ2) is 6.70. The summed E-state index contributed by atoms with van der Waals surface area (Å²) in [5.74, 6) is 3.37. The third kappa shape index (κ3) is 3.14. The minimum absolute atomic E-state index is 0.630.